The number of carbonyl (C=O) groups is 4. The van der Waals surface area contributed by atoms with Gasteiger partial charge in [-0.05, 0) is 137 Å². The molecule has 7 rings (SSSR count). The van der Waals surface area contributed by atoms with Gasteiger partial charge in [0.2, 0.25) is 5.79 Å². The summed E-state index contributed by atoms with van der Waals surface area (Å²) < 4.78 is 33.1. The van der Waals surface area contributed by atoms with Crippen LogP contribution in [0.3, 0.4) is 0 Å². The molecule has 3 aliphatic heterocycles. The molecule has 1 amide bonds. The highest BCUT2D eigenvalue weighted by molar-refractivity contribution is 6.39. The smallest absolute Gasteiger partial charge is 0.329 e. The molecule has 3 fully saturated rings. The van der Waals surface area contributed by atoms with Gasteiger partial charge >= 0.3 is 5.97 Å². The molecule has 3 N–H and O–H groups in total. The largest absolute Gasteiger partial charge is 0.488 e. The van der Waals surface area contributed by atoms with Crippen molar-refractivity contribution < 1.29 is 58.2 Å². The minimum absolute atomic E-state index is 0.00535. The predicted molar refractivity (Wildman–Crippen MR) is 269 cm³/mol. The van der Waals surface area contributed by atoms with Crippen molar-refractivity contribution in [1.29, 1.82) is 0 Å². The summed E-state index contributed by atoms with van der Waals surface area (Å²) in [7, 11) is 2.98. The van der Waals surface area contributed by atoms with Crippen LogP contribution in [0.4, 0.5) is 0 Å². The Kier molecular flexibility index (Phi) is 18.2. The van der Waals surface area contributed by atoms with Gasteiger partial charge in [-0.3, -0.25) is 14.4 Å². The summed E-state index contributed by atoms with van der Waals surface area (Å²) in [5.74, 6) is -6.89. The fourth-order valence-electron chi connectivity index (χ4n) is 11.5. The SMILES string of the molecule is CCC1/C=C(\C)C(O)C(C)CC(OC)C2OC(O)(C(=O)C(=O)N3CCCCC3C(=O)OC(C(C)=CC3CCC(Oc4ccc5c(ccn5Cc5ccccc5)c4)C(O)C3)C(C)CCC1=O)C(C)CC2OC. The van der Waals surface area contributed by atoms with E-state index in [0.29, 0.717) is 56.3 Å². The van der Waals surface area contributed by atoms with Crippen molar-refractivity contribution in [2.24, 2.45) is 29.6 Å². The number of esters is 1. The lowest BCUT2D eigenvalue weighted by Gasteiger charge is -2.47. The van der Waals surface area contributed by atoms with Gasteiger partial charge in [0.25, 0.3) is 11.7 Å². The molecular formula is C57H78N2O12. The number of methoxy groups -OCH3 is 2. The van der Waals surface area contributed by atoms with Gasteiger partial charge in [0.05, 0.1) is 24.4 Å². The van der Waals surface area contributed by atoms with E-state index in [4.69, 9.17) is 23.7 Å². The van der Waals surface area contributed by atoms with Crippen LogP contribution in [0.25, 0.3) is 10.9 Å². The van der Waals surface area contributed by atoms with Crippen LogP contribution in [0.2, 0.25) is 0 Å². The summed E-state index contributed by atoms with van der Waals surface area (Å²) in [4.78, 5) is 58.5. The molecule has 14 heteroatoms. The summed E-state index contributed by atoms with van der Waals surface area (Å²) in [6.45, 7) is 11.9. The predicted octanol–water partition coefficient (Wildman–Crippen LogP) is 7.91. The van der Waals surface area contributed by atoms with E-state index in [2.05, 4.69) is 41.1 Å². The standard InChI is InChI=1S/C57H78N2O12/c1-9-41-28-35(3)51(62)36(4)29-49(67-7)53-50(68-8)30-38(6)57(66,71-53)54(63)55(64)59-25-14-13-17-45(59)56(65)70-52(34(2)18-22-46(41)60)37(5)27-40-19-23-48(47(61)31-40)69-43-20-21-44-42(32-43)24-26-58(44)33-39-15-11-10-12-16-39/h10-12,15-16,20-21,24,26-28,32,34,36,38,40-41,45,47-53,61-62,66H,9,13-14,17-19,22-23,25,29-31,33H2,1-8H3/b35-28+,37-27?. The van der Waals surface area contributed by atoms with Crippen molar-refractivity contribution in [2.45, 2.75) is 173 Å². The lowest BCUT2D eigenvalue weighted by atomic mass is 9.81. The van der Waals surface area contributed by atoms with Crippen molar-refractivity contribution in [2.75, 3.05) is 20.8 Å². The first-order chi connectivity index (χ1) is 34.0. The number of allylic oxidation sites excluding steroid dienone is 2. The highest BCUT2D eigenvalue weighted by atomic mass is 16.7. The number of fused-ring (bicyclic) bond motifs is 4. The minimum atomic E-state index is -2.56. The number of nitrogens with zero attached hydrogens (tertiary/aromatic N) is 2. The normalized spacial score (nSPS) is 35.3. The molecule has 1 saturated carbocycles. The molecule has 1 aromatic heterocycles. The van der Waals surface area contributed by atoms with Crippen LogP contribution in [0.15, 0.2) is 84.1 Å². The summed E-state index contributed by atoms with van der Waals surface area (Å²) in [5.41, 5.74) is 3.69. The number of ketones is 2. The van der Waals surface area contributed by atoms with Gasteiger partial charge in [-0.25, -0.2) is 4.79 Å². The molecule has 0 radical (unpaired) electrons. The zero-order chi connectivity index (χ0) is 51.1. The quantitative estimate of drug-likeness (QED) is 0.107. The highest BCUT2D eigenvalue weighted by Crippen LogP contribution is 2.40. The molecule has 0 spiro atoms. The van der Waals surface area contributed by atoms with Gasteiger partial charge in [-0.1, -0.05) is 70.2 Å². The van der Waals surface area contributed by atoms with Gasteiger partial charge in [-0.2, -0.15) is 0 Å². The second-order valence-corrected chi connectivity index (χ2v) is 21.1. The Hall–Kier alpha value is -4.70. The number of Topliss-reactive ketones (excluding diaryl/α,β-unsaturated/α-hetero) is 2. The summed E-state index contributed by atoms with van der Waals surface area (Å²) >= 11 is 0. The number of aliphatic hydroxyl groups excluding tert-OH is 2. The highest BCUT2D eigenvalue weighted by Gasteiger charge is 2.56. The van der Waals surface area contributed by atoms with Gasteiger partial charge < -0.3 is 48.5 Å². The number of hydrogen-bond donors (Lipinski definition) is 3. The summed E-state index contributed by atoms with van der Waals surface area (Å²) in [5, 5.41) is 36.3. The first kappa shape index (κ1) is 54.1. The molecule has 2 bridgehead atoms. The number of amides is 1. The van der Waals surface area contributed by atoms with Crippen LogP contribution in [-0.4, -0.2) is 124 Å². The molecule has 1 aliphatic carbocycles. The molecule has 14 unspecified atom stereocenters. The molecule has 71 heavy (non-hydrogen) atoms. The Labute approximate surface area is 419 Å². The van der Waals surface area contributed by atoms with E-state index in [1.54, 1.807) is 13.8 Å². The topological polar surface area (TPSA) is 183 Å². The van der Waals surface area contributed by atoms with Gasteiger partial charge in [0.15, 0.2) is 0 Å². The first-order valence-electron chi connectivity index (χ1n) is 26.0. The van der Waals surface area contributed by atoms with Crippen LogP contribution < -0.4 is 4.74 Å². The number of piperidine rings is 1. The first-order valence-corrected chi connectivity index (χ1v) is 26.0. The molecule has 2 aromatic carbocycles. The maximum absolute atomic E-state index is 14.5. The lowest BCUT2D eigenvalue weighted by molar-refractivity contribution is -0.302. The zero-order valence-corrected chi connectivity index (χ0v) is 43.0. The van der Waals surface area contributed by atoms with Crippen LogP contribution >= 0.6 is 0 Å². The van der Waals surface area contributed by atoms with E-state index in [-0.39, 0.29) is 49.8 Å². The fourth-order valence-corrected chi connectivity index (χ4v) is 11.5. The van der Waals surface area contributed by atoms with Gasteiger partial charge in [0.1, 0.15) is 35.9 Å². The lowest BCUT2D eigenvalue weighted by Crippen LogP contribution is -2.64. The zero-order valence-electron chi connectivity index (χ0n) is 43.0. The Morgan fingerprint density at radius 2 is 1.61 bits per heavy atom. The van der Waals surface area contributed by atoms with E-state index in [1.807, 2.05) is 64.1 Å². The van der Waals surface area contributed by atoms with E-state index in [1.165, 1.54) is 24.7 Å². The van der Waals surface area contributed by atoms with E-state index >= 15 is 0 Å². The third kappa shape index (κ3) is 12.4. The number of carbonyl (C=O) groups excluding carboxylic acids is 4. The molecule has 3 aromatic rings. The Morgan fingerprint density at radius 3 is 2.31 bits per heavy atom. The fraction of sp³-hybridized carbons (Fsp3) is 0.614. The van der Waals surface area contributed by atoms with Crippen molar-refractivity contribution in [3.63, 3.8) is 0 Å². The van der Waals surface area contributed by atoms with Crippen LogP contribution in [0, 0.1) is 29.6 Å². The molecule has 14 nitrogen and oxygen atoms in total. The van der Waals surface area contributed by atoms with Crippen LogP contribution in [0.1, 0.15) is 118 Å². The Bertz CT molecular complexity index is 2380. The molecule has 4 aliphatic rings. The average molecular weight is 983 g/mol. The minimum Gasteiger partial charge on any atom is -0.488 e. The number of ether oxygens (including phenoxy) is 5. The third-order valence-electron chi connectivity index (χ3n) is 16.0. The summed E-state index contributed by atoms with van der Waals surface area (Å²) in [6.07, 6.45) is 5.32. The van der Waals surface area contributed by atoms with E-state index in [9.17, 15) is 34.5 Å². The Balaban J connectivity index is 1.12. The number of benzene rings is 2. The van der Waals surface area contributed by atoms with E-state index in [0.717, 1.165) is 23.0 Å². The van der Waals surface area contributed by atoms with Crippen molar-refractivity contribution >= 4 is 34.3 Å². The van der Waals surface area contributed by atoms with Crippen molar-refractivity contribution in [3.8, 4) is 5.75 Å². The molecule has 4 heterocycles. The molecular weight excluding hydrogens is 905 g/mol. The molecule has 2 saturated heterocycles. The number of aromatic nitrogens is 1. The average Bonchev–Trinajstić information content (AvgIpc) is 3.77. The number of aliphatic hydroxyl groups is 3. The maximum atomic E-state index is 14.5. The summed E-state index contributed by atoms with van der Waals surface area (Å²) in [6, 6.07) is 17.3. The second-order valence-electron chi connectivity index (χ2n) is 21.1. The Morgan fingerprint density at radius 1 is 0.873 bits per heavy atom. The maximum Gasteiger partial charge on any atom is 0.329 e. The number of hydrogen-bond acceptors (Lipinski definition) is 12. The van der Waals surface area contributed by atoms with E-state index < -0.39 is 90.0 Å². The van der Waals surface area contributed by atoms with Crippen molar-refractivity contribution in [3.05, 3.63) is 89.7 Å². The molecule has 14 atom stereocenters. The molecule has 388 valence electrons. The third-order valence-corrected chi connectivity index (χ3v) is 16.0. The van der Waals surface area contributed by atoms with Crippen LogP contribution in [-0.2, 0) is 44.7 Å². The second kappa shape index (κ2) is 23.9. The number of cyclic esters (lactones) is 1. The van der Waals surface area contributed by atoms with Crippen LogP contribution in [0.5, 0.6) is 5.75 Å². The monoisotopic (exact) mass is 983 g/mol. The van der Waals surface area contributed by atoms with Gasteiger partial charge in [0, 0.05) is 62.7 Å². The van der Waals surface area contributed by atoms with Crippen molar-refractivity contribution in [1.82, 2.24) is 9.47 Å². The van der Waals surface area contributed by atoms with Gasteiger partial charge in [-0.15, -0.1) is 0 Å². The number of rotatable bonds is 9.